The number of carbonyl (C=O) groups excluding carboxylic acids is 1. The van der Waals surface area contributed by atoms with Crippen molar-refractivity contribution >= 4 is 5.97 Å². The molecule has 2 heterocycles. The summed E-state index contributed by atoms with van der Waals surface area (Å²) in [6, 6.07) is 0. The molecule has 80 valence electrons. The van der Waals surface area contributed by atoms with Crippen molar-refractivity contribution < 1.29 is 14.3 Å². The summed E-state index contributed by atoms with van der Waals surface area (Å²) >= 11 is 0. The third-order valence-electron chi connectivity index (χ3n) is 3.18. The molecule has 2 fully saturated rings. The van der Waals surface area contributed by atoms with Crippen molar-refractivity contribution in [1.82, 2.24) is 4.90 Å². The van der Waals surface area contributed by atoms with E-state index in [9.17, 15) is 4.79 Å². The first kappa shape index (κ1) is 9.93. The lowest BCUT2D eigenvalue weighted by atomic mass is 9.98. The van der Waals surface area contributed by atoms with Crippen LogP contribution < -0.4 is 0 Å². The molecule has 0 N–H and O–H groups in total. The van der Waals surface area contributed by atoms with Crippen LogP contribution in [-0.4, -0.2) is 49.8 Å². The van der Waals surface area contributed by atoms with E-state index in [2.05, 4.69) is 9.64 Å². The number of hydrogen-bond donors (Lipinski definition) is 0. The van der Waals surface area contributed by atoms with Crippen LogP contribution in [-0.2, 0) is 14.3 Å². The van der Waals surface area contributed by atoms with Crippen LogP contribution >= 0.6 is 0 Å². The fraction of sp³-hybridized carbons (Fsp3) is 0.900. The topological polar surface area (TPSA) is 42.1 Å². The van der Waals surface area contributed by atoms with Crippen LogP contribution in [0.25, 0.3) is 0 Å². The quantitative estimate of drug-likeness (QED) is 0.488. The van der Waals surface area contributed by atoms with E-state index in [1.54, 1.807) is 0 Å². The summed E-state index contributed by atoms with van der Waals surface area (Å²) in [4.78, 5) is 13.2. The Bertz CT molecular complexity index is 215. The zero-order valence-electron chi connectivity index (χ0n) is 8.62. The highest BCUT2D eigenvalue weighted by atomic mass is 16.6. The Morgan fingerprint density at radius 2 is 2.14 bits per heavy atom. The molecule has 0 atom stereocenters. The van der Waals surface area contributed by atoms with Gasteiger partial charge in [-0.25, -0.2) is 0 Å². The van der Waals surface area contributed by atoms with E-state index in [4.69, 9.17) is 4.74 Å². The van der Waals surface area contributed by atoms with Crippen LogP contribution in [0.2, 0.25) is 0 Å². The number of nitrogens with zero attached hydrogens (tertiary/aromatic N) is 1. The fourth-order valence-electron chi connectivity index (χ4n) is 1.93. The Labute approximate surface area is 84.2 Å². The Balaban J connectivity index is 1.65. The maximum Gasteiger partial charge on any atom is 0.306 e. The van der Waals surface area contributed by atoms with Crippen molar-refractivity contribution in [2.75, 3.05) is 33.4 Å². The number of epoxide rings is 1. The lowest BCUT2D eigenvalue weighted by Gasteiger charge is -2.29. The minimum absolute atomic E-state index is 0.118. The lowest BCUT2D eigenvalue weighted by molar-refractivity contribution is -0.141. The third-order valence-corrected chi connectivity index (χ3v) is 3.18. The van der Waals surface area contributed by atoms with Gasteiger partial charge < -0.3 is 14.4 Å². The number of ether oxygens (including phenoxy) is 2. The van der Waals surface area contributed by atoms with E-state index in [0.717, 1.165) is 39.1 Å². The van der Waals surface area contributed by atoms with Crippen molar-refractivity contribution in [3.63, 3.8) is 0 Å². The van der Waals surface area contributed by atoms with Gasteiger partial charge in [0.05, 0.1) is 25.7 Å². The highest BCUT2D eigenvalue weighted by Crippen LogP contribution is 2.37. The minimum atomic E-state index is -0.118. The highest BCUT2D eigenvalue weighted by Gasteiger charge is 2.46. The lowest BCUT2D eigenvalue weighted by Crippen LogP contribution is -2.38. The molecule has 0 aliphatic carbocycles. The van der Waals surface area contributed by atoms with Crippen molar-refractivity contribution in [2.45, 2.75) is 24.9 Å². The summed E-state index contributed by atoms with van der Waals surface area (Å²) in [6.45, 7) is 3.87. The first-order chi connectivity index (χ1) is 6.74. The first-order valence-corrected chi connectivity index (χ1v) is 5.17. The summed E-state index contributed by atoms with van der Waals surface area (Å²) in [5.41, 5.74) is 0.238. The van der Waals surface area contributed by atoms with Gasteiger partial charge in [0.2, 0.25) is 0 Å². The van der Waals surface area contributed by atoms with Gasteiger partial charge in [-0.2, -0.15) is 0 Å². The average molecular weight is 199 g/mol. The standard InChI is InChI=1S/C10H17NO3/c1-13-9(12)2-5-11-6-3-10(4-7-11)8-14-10/h2-8H2,1H3. The summed E-state index contributed by atoms with van der Waals surface area (Å²) in [5, 5.41) is 0. The minimum Gasteiger partial charge on any atom is -0.469 e. The molecular formula is C10H17NO3. The molecule has 2 rings (SSSR count). The average Bonchev–Trinajstić information content (AvgIpc) is 2.97. The molecule has 2 aliphatic rings. The number of esters is 1. The second-order valence-electron chi connectivity index (χ2n) is 4.14. The maximum atomic E-state index is 10.9. The zero-order chi connectivity index (χ0) is 10.0. The van der Waals surface area contributed by atoms with Gasteiger partial charge >= 0.3 is 5.97 Å². The van der Waals surface area contributed by atoms with E-state index in [1.807, 2.05) is 0 Å². The number of likely N-dealkylation sites (tertiary alicyclic amines) is 1. The zero-order valence-corrected chi connectivity index (χ0v) is 8.62. The molecule has 2 aliphatic heterocycles. The predicted molar refractivity (Wildman–Crippen MR) is 51.0 cm³/mol. The summed E-state index contributed by atoms with van der Waals surface area (Å²) < 4.78 is 10.0. The van der Waals surface area contributed by atoms with Crippen molar-refractivity contribution in [3.05, 3.63) is 0 Å². The number of hydrogen-bond acceptors (Lipinski definition) is 4. The molecule has 1 spiro atoms. The number of piperidine rings is 1. The molecule has 0 aromatic carbocycles. The van der Waals surface area contributed by atoms with Crippen LogP contribution in [0.3, 0.4) is 0 Å². The highest BCUT2D eigenvalue weighted by molar-refractivity contribution is 5.69. The van der Waals surface area contributed by atoms with E-state index in [1.165, 1.54) is 7.11 Å². The number of rotatable bonds is 3. The summed E-state index contributed by atoms with van der Waals surface area (Å²) in [5.74, 6) is -0.118. The number of carbonyl (C=O) groups is 1. The van der Waals surface area contributed by atoms with E-state index in [-0.39, 0.29) is 11.6 Å². The van der Waals surface area contributed by atoms with Crippen LogP contribution in [0.1, 0.15) is 19.3 Å². The first-order valence-electron chi connectivity index (χ1n) is 5.17. The molecular weight excluding hydrogens is 182 g/mol. The molecule has 0 radical (unpaired) electrons. The molecule has 2 saturated heterocycles. The summed E-state index contributed by atoms with van der Waals surface area (Å²) in [6.07, 6.45) is 2.74. The van der Waals surface area contributed by atoms with Crippen LogP contribution in [0, 0.1) is 0 Å². The smallest absolute Gasteiger partial charge is 0.306 e. The molecule has 4 heteroatoms. The van der Waals surface area contributed by atoms with Gasteiger partial charge in [0.25, 0.3) is 0 Å². The second kappa shape index (κ2) is 3.87. The summed E-state index contributed by atoms with van der Waals surface area (Å²) in [7, 11) is 1.44. The van der Waals surface area contributed by atoms with Crippen molar-refractivity contribution in [2.24, 2.45) is 0 Å². The van der Waals surface area contributed by atoms with Crippen LogP contribution in [0.15, 0.2) is 0 Å². The van der Waals surface area contributed by atoms with E-state index >= 15 is 0 Å². The molecule has 0 aromatic heterocycles. The largest absolute Gasteiger partial charge is 0.469 e. The van der Waals surface area contributed by atoms with Crippen molar-refractivity contribution in [3.8, 4) is 0 Å². The molecule has 0 saturated carbocycles. The molecule has 0 unspecified atom stereocenters. The Morgan fingerprint density at radius 1 is 1.50 bits per heavy atom. The van der Waals surface area contributed by atoms with Gasteiger partial charge in [0.15, 0.2) is 0 Å². The predicted octanol–water partition coefficient (Wildman–Crippen LogP) is 0.414. The van der Waals surface area contributed by atoms with Crippen LogP contribution in [0.5, 0.6) is 0 Å². The second-order valence-corrected chi connectivity index (χ2v) is 4.14. The fourth-order valence-corrected chi connectivity index (χ4v) is 1.93. The Kier molecular flexibility index (Phi) is 2.74. The van der Waals surface area contributed by atoms with Gasteiger partial charge in [0, 0.05) is 19.6 Å². The van der Waals surface area contributed by atoms with Gasteiger partial charge in [0.1, 0.15) is 0 Å². The van der Waals surface area contributed by atoms with Crippen LogP contribution in [0.4, 0.5) is 0 Å². The van der Waals surface area contributed by atoms with E-state index in [0.29, 0.717) is 6.42 Å². The van der Waals surface area contributed by atoms with Gasteiger partial charge in [-0.3, -0.25) is 4.79 Å². The molecule has 0 aromatic rings. The number of methoxy groups -OCH3 is 1. The normalized spacial score (nSPS) is 24.9. The monoisotopic (exact) mass is 199 g/mol. The molecule has 14 heavy (non-hydrogen) atoms. The van der Waals surface area contributed by atoms with Gasteiger partial charge in [-0.15, -0.1) is 0 Å². The Morgan fingerprint density at radius 3 is 2.64 bits per heavy atom. The SMILES string of the molecule is COC(=O)CCN1CCC2(CC1)CO2. The van der Waals surface area contributed by atoms with Gasteiger partial charge in [-0.05, 0) is 12.8 Å². The van der Waals surface area contributed by atoms with Crippen molar-refractivity contribution in [1.29, 1.82) is 0 Å². The Hall–Kier alpha value is -0.610. The molecule has 0 bridgehead atoms. The van der Waals surface area contributed by atoms with E-state index < -0.39 is 0 Å². The molecule has 0 amide bonds. The molecule has 4 nitrogen and oxygen atoms in total. The van der Waals surface area contributed by atoms with Gasteiger partial charge in [-0.1, -0.05) is 0 Å². The third kappa shape index (κ3) is 2.25. The maximum absolute atomic E-state index is 10.9.